The van der Waals surface area contributed by atoms with Crippen molar-refractivity contribution in [3.8, 4) is 0 Å². The van der Waals surface area contributed by atoms with Gasteiger partial charge in [-0.15, -0.1) is 0 Å². The molecule has 0 atom stereocenters. The Morgan fingerprint density at radius 1 is 0.630 bits per heavy atom. The largest absolute Gasteiger partial charge is 0.375 e. The van der Waals surface area contributed by atoms with Crippen LogP contribution in [0.4, 0.5) is 5.69 Å². The van der Waals surface area contributed by atoms with E-state index in [-0.39, 0.29) is 0 Å². The lowest BCUT2D eigenvalue weighted by molar-refractivity contribution is 0.661. The van der Waals surface area contributed by atoms with Crippen molar-refractivity contribution in [3.63, 3.8) is 0 Å². The van der Waals surface area contributed by atoms with Gasteiger partial charge in [0.25, 0.3) is 0 Å². The summed E-state index contributed by atoms with van der Waals surface area (Å²) < 4.78 is 0. The molecule has 27 heavy (non-hydrogen) atoms. The van der Waals surface area contributed by atoms with Crippen LogP contribution < -0.4 is 20.5 Å². The highest BCUT2D eigenvalue weighted by atomic mass is 28.3. The van der Waals surface area contributed by atoms with Gasteiger partial charge in [-0.05, 0) is 18.6 Å². The third kappa shape index (κ3) is 5.33. The van der Waals surface area contributed by atoms with Crippen LogP contribution in [-0.2, 0) is 0 Å². The van der Waals surface area contributed by atoms with Gasteiger partial charge in [-0.1, -0.05) is 115 Å². The van der Waals surface area contributed by atoms with Crippen molar-refractivity contribution in [1.29, 1.82) is 0 Å². The summed E-state index contributed by atoms with van der Waals surface area (Å²) in [4.78, 5) is 2.39. The molecule has 3 aromatic rings. The average Bonchev–Trinajstić information content (AvgIpc) is 2.73. The standard InChI is InChI=1S/C25H30NSi/c1-3-4-5-12-21-26(2)22-17-19-25(20-18-22)27(23-13-8-6-9-14-23)24-15-10-7-11-16-24/h6-11,13-20H,3-5,12,21H2,1-2H3. The monoisotopic (exact) mass is 372 g/mol. The lowest BCUT2D eigenvalue weighted by Crippen LogP contribution is -2.51. The maximum atomic E-state index is 2.39. The zero-order valence-corrected chi connectivity index (χ0v) is 17.6. The number of anilines is 1. The molecule has 2 heteroatoms. The smallest absolute Gasteiger partial charge is 0.154 e. The third-order valence-electron chi connectivity index (χ3n) is 5.07. The van der Waals surface area contributed by atoms with Gasteiger partial charge in [-0.3, -0.25) is 0 Å². The molecule has 0 N–H and O–H groups in total. The topological polar surface area (TPSA) is 3.24 Å². The van der Waals surface area contributed by atoms with E-state index in [1.807, 2.05) is 0 Å². The molecule has 0 bridgehead atoms. The van der Waals surface area contributed by atoms with Gasteiger partial charge in [0.15, 0.2) is 8.80 Å². The molecule has 1 nitrogen and oxygen atoms in total. The minimum absolute atomic E-state index is 0.961. The van der Waals surface area contributed by atoms with Gasteiger partial charge in [-0.2, -0.15) is 0 Å². The van der Waals surface area contributed by atoms with Crippen molar-refractivity contribution >= 4 is 30.0 Å². The highest BCUT2D eigenvalue weighted by Gasteiger charge is 2.19. The summed E-state index contributed by atoms with van der Waals surface area (Å²) in [7, 11) is 1.25. The van der Waals surface area contributed by atoms with Gasteiger partial charge in [-0.25, -0.2) is 0 Å². The van der Waals surface area contributed by atoms with E-state index in [2.05, 4.69) is 104 Å². The van der Waals surface area contributed by atoms with E-state index in [4.69, 9.17) is 0 Å². The van der Waals surface area contributed by atoms with Crippen LogP contribution in [0.3, 0.4) is 0 Å². The maximum Gasteiger partial charge on any atom is 0.154 e. The fourth-order valence-corrected chi connectivity index (χ4v) is 6.05. The molecule has 3 rings (SSSR count). The molecule has 0 aliphatic heterocycles. The first-order valence-corrected chi connectivity index (χ1v) is 11.6. The van der Waals surface area contributed by atoms with E-state index in [1.54, 1.807) is 0 Å². The van der Waals surface area contributed by atoms with Gasteiger partial charge < -0.3 is 4.90 Å². The zero-order chi connectivity index (χ0) is 18.9. The molecular weight excluding hydrogens is 342 g/mol. The Hall–Kier alpha value is -2.32. The molecule has 0 amide bonds. The Kier molecular flexibility index (Phi) is 7.29. The third-order valence-corrected chi connectivity index (χ3v) is 7.80. The molecule has 0 aromatic heterocycles. The Balaban J connectivity index is 1.80. The minimum atomic E-state index is -0.961. The fraction of sp³-hybridized carbons (Fsp3) is 0.280. The quantitative estimate of drug-likeness (QED) is 0.309. The second-order valence-electron chi connectivity index (χ2n) is 7.14. The predicted octanol–water partition coefficient (Wildman–Crippen LogP) is 4.22. The normalized spacial score (nSPS) is 10.9. The number of unbranched alkanes of at least 4 members (excludes halogenated alkanes) is 3. The summed E-state index contributed by atoms with van der Waals surface area (Å²) >= 11 is 0. The minimum Gasteiger partial charge on any atom is -0.375 e. The van der Waals surface area contributed by atoms with Crippen LogP contribution in [-0.4, -0.2) is 22.4 Å². The van der Waals surface area contributed by atoms with Crippen molar-refractivity contribution in [2.45, 2.75) is 32.6 Å². The molecule has 0 saturated heterocycles. The average molecular weight is 373 g/mol. The van der Waals surface area contributed by atoms with Crippen LogP contribution in [0.15, 0.2) is 84.9 Å². The van der Waals surface area contributed by atoms with Crippen LogP contribution >= 0.6 is 0 Å². The van der Waals surface area contributed by atoms with Crippen LogP contribution in [0.5, 0.6) is 0 Å². The molecule has 0 fully saturated rings. The van der Waals surface area contributed by atoms with E-state index < -0.39 is 8.80 Å². The summed E-state index contributed by atoms with van der Waals surface area (Å²) in [6.45, 7) is 3.40. The summed E-state index contributed by atoms with van der Waals surface area (Å²) in [5.41, 5.74) is 1.32. The Morgan fingerprint density at radius 2 is 1.15 bits per heavy atom. The van der Waals surface area contributed by atoms with Crippen LogP contribution in [0.1, 0.15) is 32.6 Å². The molecule has 0 spiro atoms. The highest BCUT2D eigenvalue weighted by molar-refractivity contribution is 6.95. The van der Waals surface area contributed by atoms with Crippen molar-refractivity contribution < 1.29 is 0 Å². The van der Waals surface area contributed by atoms with Gasteiger partial charge in [0.05, 0.1) is 0 Å². The van der Waals surface area contributed by atoms with Gasteiger partial charge in [0.1, 0.15) is 0 Å². The van der Waals surface area contributed by atoms with Crippen molar-refractivity contribution in [1.82, 2.24) is 0 Å². The van der Waals surface area contributed by atoms with Crippen molar-refractivity contribution in [2.24, 2.45) is 0 Å². The Bertz CT molecular complexity index is 744. The molecule has 1 radical (unpaired) electrons. The Labute approximate surface area is 166 Å². The molecule has 0 unspecified atom stereocenters. The molecule has 0 heterocycles. The number of hydrogen-bond donors (Lipinski definition) is 0. The molecule has 0 aliphatic rings. The summed E-state index contributed by atoms with van der Waals surface area (Å²) in [5.74, 6) is 0. The molecule has 139 valence electrons. The molecular formula is C25H30NSi. The van der Waals surface area contributed by atoms with Gasteiger partial charge in [0.2, 0.25) is 0 Å². The highest BCUT2D eigenvalue weighted by Crippen LogP contribution is 2.12. The second-order valence-corrected chi connectivity index (χ2v) is 9.62. The van der Waals surface area contributed by atoms with E-state index in [9.17, 15) is 0 Å². The molecule has 3 aromatic carbocycles. The first kappa shape index (κ1) is 19.4. The first-order chi connectivity index (χ1) is 13.3. The summed E-state index contributed by atoms with van der Waals surface area (Å²) in [6, 6.07) is 31.2. The zero-order valence-electron chi connectivity index (χ0n) is 16.6. The Morgan fingerprint density at radius 3 is 1.67 bits per heavy atom. The van der Waals surface area contributed by atoms with E-state index in [1.165, 1.54) is 46.9 Å². The van der Waals surface area contributed by atoms with E-state index >= 15 is 0 Å². The number of benzene rings is 3. The second kappa shape index (κ2) is 10.1. The van der Waals surface area contributed by atoms with E-state index in [0.29, 0.717) is 0 Å². The maximum absolute atomic E-state index is 2.39. The predicted molar refractivity (Wildman–Crippen MR) is 121 cm³/mol. The fourth-order valence-electron chi connectivity index (χ4n) is 3.50. The summed E-state index contributed by atoms with van der Waals surface area (Å²) in [6.07, 6.45) is 5.23. The summed E-state index contributed by atoms with van der Waals surface area (Å²) in [5, 5.41) is 4.32. The number of hydrogen-bond acceptors (Lipinski definition) is 1. The SMILES string of the molecule is CCCCCCN(C)c1ccc([Si](c2ccccc2)c2ccccc2)cc1. The van der Waals surface area contributed by atoms with Crippen LogP contribution in [0.2, 0.25) is 0 Å². The lowest BCUT2D eigenvalue weighted by Gasteiger charge is -2.21. The first-order valence-electron chi connectivity index (χ1n) is 10.1. The van der Waals surface area contributed by atoms with Crippen molar-refractivity contribution in [3.05, 3.63) is 84.9 Å². The molecule has 0 saturated carbocycles. The van der Waals surface area contributed by atoms with Gasteiger partial charge in [0, 0.05) is 19.3 Å². The number of rotatable bonds is 9. The van der Waals surface area contributed by atoms with Crippen LogP contribution in [0.25, 0.3) is 0 Å². The van der Waals surface area contributed by atoms with Crippen LogP contribution in [0, 0.1) is 0 Å². The van der Waals surface area contributed by atoms with Gasteiger partial charge >= 0.3 is 0 Å². The molecule has 0 aliphatic carbocycles. The van der Waals surface area contributed by atoms with Crippen molar-refractivity contribution in [2.75, 3.05) is 18.5 Å². The number of nitrogens with zero attached hydrogens (tertiary/aromatic N) is 1. The van der Waals surface area contributed by atoms with E-state index in [0.717, 1.165) is 6.54 Å². The lowest BCUT2D eigenvalue weighted by atomic mass is 10.2.